The highest BCUT2D eigenvalue weighted by molar-refractivity contribution is 7.80. The minimum Gasteiger partial charge on any atom is -0.389 e. The minimum absolute atomic E-state index is 0.0106. The largest absolute Gasteiger partial charge is 0.389 e. The van der Waals surface area contributed by atoms with Crippen LogP contribution in [0.3, 0.4) is 0 Å². The molecule has 2 rings (SSSR count). The van der Waals surface area contributed by atoms with Crippen LogP contribution in [0.15, 0.2) is 12.1 Å². The highest BCUT2D eigenvalue weighted by Crippen LogP contribution is 2.44. The second-order valence-corrected chi connectivity index (χ2v) is 5.28. The summed E-state index contributed by atoms with van der Waals surface area (Å²) in [5.41, 5.74) is 5.62. The van der Waals surface area contributed by atoms with Gasteiger partial charge in [0.1, 0.15) is 22.3 Å². The maximum Gasteiger partial charge on any atom is 0.150 e. The molecule has 92 valence electrons. The lowest BCUT2D eigenvalue weighted by atomic mass is 10.1. The summed E-state index contributed by atoms with van der Waals surface area (Å²) in [6.07, 6.45) is 2.18. The molecule has 1 aromatic rings. The van der Waals surface area contributed by atoms with Crippen molar-refractivity contribution in [2.24, 2.45) is 11.1 Å². The third-order valence-electron chi connectivity index (χ3n) is 3.12. The molecule has 0 bridgehead atoms. The molecule has 0 aromatic heterocycles. The second kappa shape index (κ2) is 4.22. The Morgan fingerprint density at radius 2 is 1.94 bits per heavy atom. The van der Waals surface area contributed by atoms with Crippen molar-refractivity contribution < 1.29 is 8.78 Å². The first kappa shape index (κ1) is 12.2. The molecule has 5 heteroatoms. The highest BCUT2D eigenvalue weighted by Gasteiger charge is 2.37. The number of rotatable bonds is 4. The molecule has 0 aliphatic heterocycles. The number of thiocarbonyl (C=S) groups is 1. The van der Waals surface area contributed by atoms with E-state index in [1.165, 1.54) is 0 Å². The van der Waals surface area contributed by atoms with Gasteiger partial charge in [0.05, 0.1) is 0 Å². The molecule has 0 heterocycles. The Labute approximate surface area is 104 Å². The molecular weight excluding hydrogens is 242 g/mol. The zero-order valence-corrected chi connectivity index (χ0v) is 10.3. The summed E-state index contributed by atoms with van der Waals surface area (Å²) in [7, 11) is 0. The van der Waals surface area contributed by atoms with Crippen LogP contribution >= 0.6 is 12.2 Å². The fraction of sp³-hybridized carbons (Fsp3) is 0.417. The highest BCUT2D eigenvalue weighted by atomic mass is 32.1. The van der Waals surface area contributed by atoms with Gasteiger partial charge in [0.15, 0.2) is 0 Å². The monoisotopic (exact) mass is 256 g/mol. The number of nitrogens with two attached hydrogens (primary N) is 1. The molecule has 1 fully saturated rings. The molecule has 2 nitrogen and oxygen atoms in total. The zero-order chi connectivity index (χ0) is 12.6. The van der Waals surface area contributed by atoms with Crippen LogP contribution in [0.4, 0.5) is 14.5 Å². The number of hydrogen-bond acceptors (Lipinski definition) is 2. The molecule has 0 radical (unpaired) electrons. The van der Waals surface area contributed by atoms with Crippen LogP contribution in [0.5, 0.6) is 0 Å². The van der Waals surface area contributed by atoms with Gasteiger partial charge < -0.3 is 11.1 Å². The van der Waals surface area contributed by atoms with E-state index in [-0.39, 0.29) is 21.7 Å². The van der Waals surface area contributed by atoms with Crippen LogP contribution in [0.25, 0.3) is 0 Å². The lowest BCUT2D eigenvalue weighted by Crippen LogP contribution is -2.15. The van der Waals surface area contributed by atoms with E-state index in [1.807, 2.05) is 0 Å². The standard InChI is InChI=1S/C12H14F2N2S/c1-12(2-3-12)6-16-10-8(13)4-7(11(15)17)5-9(10)14/h4-5,16H,2-3,6H2,1H3,(H2,15,17). The van der Waals surface area contributed by atoms with E-state index in [9.17, 15) is 8.78 Å². The average Bonchev–Trinajstić information content (AvgIpc) is 2.95. The third-order valence-corrected chi connectivity index (χ3v) is 3.36. The predicted molar refractivity (Wildman–Crippen MR) is 68.1 cm³/mol. The molecule has 0 saturated heterocycles. The maximum absolute atomic E-state index is 13.6. The summed E-state index contributed by atoms with van der Waals surface area (Å²) >= 11 is 4.68. The van der Waals surface area contributed by atoms with Crippen molar-refractivity contribution in [3.63, 3.8) is 0 Å². The summed E-state index contributed by atoms with van der Waals surface area (Å²) in [5, 5.41) is 2.82. The number of hydrogen-bond donors (Lipinski definition) is 2. The summed E-state index contributed by atoms with van der Waals surface area (Å²) in [5.74, 6) is -1.31. The quantitative estimate of drug-likeness (QED) is 0.814. The Balaban J connectivity index is 2.19. The van der Waals surface area contributed by atoms with E-state index < -0.39 is 11.6 Å². The number of anilines is 1. The Hall–Kier alpha value is -1.23. The fourth-order valence-corrected chi connectivity index (χ4v) is 1.69. The van der Waals surface area contributed by atoms with E-state index in [4.69, 9.17) is 5.73 Å². The predicted octanol–water partition coefficient (Wildman–Crippen LogP) is 2.81. The Kier molecular flexibility index (Phi) is 3.03. The zero-order valence-electron chi connectivity index (χ0n) is 9.52. The van der Waals surface area contributed by atoms with Crippen molar-refractivity contribution in [1.29, 1.82) is 0 Å². The Morgan fingerprint density at radius 3 is 2.35 bits per heavy atom. The van der Waals surface area contributed by atoms with E-state index in [2.05, 4.69) is 24.5 Å². The Morgan fingerprint density at radius 1 is 1.41 bits per heavy atom. The van der Waals surface area contributed by atoms with Gasteiger partial charge in [-0.05, 0) is 30.4 Å². The van der Waals surface area contributed by atoms with E-state index in [1.54, 1.807) is 0 Å². The van der Waals surface area contributed by atoms with Crippen LogP contribution in [0.1, 0.15) is 25.3 Å². The van der Waals surface area contributed by atoms with Crippen molar-refractivity contribution in [2.45, 2.75) is 19.8 Å². The average molecular weight is 256 g/mol. The van der Waals surface area contributed by atoms with Gasteiger partial charge in [0.2, 0.25) is 0 Å². The molecule has 0 unspecified atom stereocenters. The van der Waals surface area contributed by atoms with Crippen LogP contribution < -0.4 is 11.1 Å². The number of benzene rings is 1. The van der Waals surface area contributed by atoms with Crippen molar-refractivity contribution >= 4 is 22.9 Å². The molecule has 3 N–H and O–H groups in total. The second-order valence-electron chi connectivity index (χ2n) is 4.84. The van der Waals surface area contributed by atoms with Gasteiger partial charge in [0.25, 0.3) is 0 Å². The fourth-order valence-electron chi connectivity index (χ4n) is 1.58. The van der Waals surface area contributed by atoms with Crippen LogP contribution in [0, 0.1) is 17.0 Å². The molecule has 1 saturated carbocycles. The van der Waals surface area contributed by atoms with Gasteiger partial charge in [-0.2, -0.15) is 0 Å². The molecule has 1 aromatic carbocycles. The maximum atomic E-state index is 13.6. The van der Waals surface area contributed by atoms with Gasteiger partial charge in [-0.1, -0.05) is 19.1 Å². The van der Waals surface area contributed by atoms with Crippen molar-refractivity contribution in [3.8, 4) is 0 Å². The summed E-state index contributed by atoms with van der Waals surface area (Å²) in [4.78, 5) is -0.0106. The van der Waals surface area contributed by atoms with Crippen LogP contribution in [-0.4, -0.2) is 11.5 Å². The minimum atomic E-state index is -0.656. The number of nitrogens with one attached hydrogen (secondary N) is 1. The third kappa shape index (κ3) is 2.72. The van der Waals surface area contributed by atoms with Crippen molar-refractivity contribution in [2.75, 3.05) is 11.9 Å². The van der Waals surface area contributed by atoms with Gasteiger partial charge in [0, 0.05) is 12.1 Å². The lowest BCUT2D eigenvalue weighted by Gasteiger charge is -2.13. The van der Waals surface area contributed by atoms with E-state index in [0.29, 0.717) is 6.54 Å². The molecular formula is C12H14F2N2S. The van der Waals surface area contributed by atoms with Gasteiger partial charge in [-0.25, -0.2) is 8.78 Å². The first-order valence-corrected chi connectivity index (χ1v) is 5.85. The topological polar surface area (TPSA) is 38.0 Å². The normalized spacial score (nSPS) is 16.6. The summed E-state index contributed by atoms with van der Waals surface area (Å²) in [6.45, 7) is 2.66. The van der Waals surface area contributed by atoms with Crippen molar-refractivity contribution in [1.82, 2.24) is 0 Å². The summed E-state index contributed by atoms with van der Waals surface area (Å²) < 4.78 is 27.3. The summed E-state index contributed by atoms with van der Waals surface area (Å²) in [6, 6.07) is 2.31. The molecule has 0 amide bonds. The van der Waals surface area contributed by atoms with Crippen LogP contribution in [-0.2, 0) is 0 Å². The van der Waals surface area contributed by atoms with Gasteiger partial charge in [-0.3, -0.25) is 0 Å². The van der Waals surface area contributed by atoms with Gasteiger partial charge >= 0.3 is 0 Å². The number of halogens is 2. The molecule has 1 aliphatic carbocycles. The lowest BCUT2D eigenvalue weighted by molar-refractivity contribution is 0.570. The van der Waals surface area contributed by atoms with Crippen LogP contribution in [0.2, 0.25) is 0 Å². The SMILES string of the molecule is CC1(CNc2c(F)cc(C(N)=S)cc2F)CC1. The first-order chi connectivity index (χ1) is 7.91. The van der Waals surface area contributed by atoms with Gasteiger partial charge in [-0.15, -0.1) is 0 Å². The first-order valence-electron chi connectivity index (χ1n) is 5.44. The molecule has 0 spiro atoms. The van der Waals surface area contributed by atoms with Crippen molar-refractivity contribution in [3.05, 3.63) is 29.3 Å². The molecule has 1 aliphatic rings. The molecule has 17 heavy (non-hydrogen) atoms. The smallest absolute Gasteiger partial charge is 0.150 e. The Bertz CT molecular complexity index is 447. The van der Waals surface area contributed by atoms with E-state index >= 15 is 0 Å². The van der Waals surface area contributed by atoms with E-state index in [0.717, 1.165) is 25.0 Å². The molecule has 0 atom stereocenters.